The molecular weight excluding hydrogens is 312 g/mol. The molecule has 0 amide bonds. The van der Waals surface area contributed by atoms with Crippen LogP contribution in [0.3, 0.4) is 0 Å². The minimum absolute atomic E-state index is 0.252. The van der Waals surface area contributed by atoms with Crippen LogP contribution in [-0.4, -0.2) is 29.4 Å². The summed E-state index contributed by atoms with van der Waals surface area (Å²) in [4.78, 5) is 0. The van der Waals surface area contributed by atoms with Gasteiger partial charge in [-0.3, -0.25) is 4.55 Å². The minimum Gasteiger partial charge on any atom is -0.393 e. The van der Waals surface area contributed by atoms with Crippen LogP contribution in [0.2, 0.25) is 0 Å². The van der Waals surface area contributed by atoms with Gasteiger partial charge in [0.1, 0.15) is 0 Å². The molecule has 0 aliphatic carbocycles. The van der Waals surface area contributed by atoms with Gasteiger partial charge in [-0.2, -0.15) is 8.42 Å². The van der Waals surface area contributed by atoms with Gasteiger partial charge in [0.15, 0.2) is 0 Å². The zero-order valence-electron chi connectivity index (χ0n) is 15.2. The summed E-state index contributed by atoms with van der Waals surface area (Å²) < 4.78 is 32.3. The molecule has 2 unspecified atom stereocenters. The summed E-state index contributed by atoms with van der Waals surface area (Å²) in [6, 6.07) is 0. The van der Waals surface area contributed by atoms with Crippen molar-refractivity contribution in [3.63, 3.8) is 0 Å². The largest absolute Gasteiger partial charge is 0.393 e. The van der Waals surface area contributed by atoms with Gasteiger partial charge in [-0.05, 0) is 26.2 Å². The lowest BCUT2D eigenvalue weighted by atomic mass is 10.0. The fourth-order valence-corrected chi connectivity index (χ4v) is 3.87. The highest BCUT2D eigenvalue weighted by molar-refractivity contribution is 7.86. The molecular formula is C18H38O4S. The van der Waals surface area contributed by atoms with Crippen LogP contribution in [0.4, 0.5) is 0 Å². The van der Waals surface area contributed by atoms with Crippen molar-refractivity contribution >= 4 is 10.1 Å². The predicted octanol–water partition coefficient (Wildman–Crippen LogP) is 5.10. The van der Waals surface area contributed by atoms with E-state index in [-0.39, 0.29) is 6.10 Å². The van der Waals surface area contributed by atoms with E-state index in [9.17, 15) is 18.1 Å². The van der Waals surface area contributed by atoms with E-state index in [2.05, 4.69) is 6.92 Å². The first-order valence-corrected chi connectivity index (χ1v) is 11.0. The Hall–Kier alpha value is -0.130. The van der Waals surface area contributed by atoms with Crippen LogP contribution in [-0.2, 0) is 10.1 Å². The molecule has 140 valence electrons. The fourth-order valence-electron chi connectivity index (χ4n) is 2.94. The van der Waals surface area contributed by atoms with Crippen molar-refractivity contribution in [1.82, 2.24) is 0 Å². The standard InChI is InChI=1S/C18H38O4S/c1-3-4-5-6-7-8-12-15-18(23(20,21)22)16-13-10-9-11-14-17(2)19/h17-19H,3-16H2,1-2H3,(H,20,21,22). The highest BCUT2D eigenvalue weighted by atomic mass is 32.2. The summed E-state index contributed by atoms with van der Waals surface area (Å²) >= 11 is 0. The molecule has 23 heavy (non-hydrogen) atoms. The lowest BCUT2D eigenvalue weighted by Gasteiger charge is -2.14. The maximum atomic E-state index is 11.5. The number of rotatable bonds is 16. The number of aliphatic hydroxyl groups is 1. The first kappa shape index (κ1) is 22.9. The summed E-state index contributed by atoms with van der Waals surface area (Å²) in [7, 11) is -3.91. The van der Waals surface area contributed by atoms with Gasteiger partial charge in [0.2, 0.25) is 0 Å². The maximum absolute atomic E-state index is 11.5. The molecule has 2 N–H and O–H groups in total. The molecule has 0 bridgehead atoms. The summed E-state index contributed by atoms with van der Waals surface area (Å²) in [6.07, 6.45) is 13.6. The van der Waals surface area contributed by atoms with Gasteiger partial charge in [-0.15, -0.1) is 0 Å². The quantitative estimate of drug-likeness (QED) is 0.300. The van der Waals surface area contributed by atoms with Crippen molar-refractivity contribution in [2.75, 3.05) is 0 Å². The second kappa shape index (κ2) is 14.2. The third-order valence-corrected chi connectivity index (χ3v) is 5.76. The number of unbranched alkanes of at least 4 members (excludes halogenated alkanes) is 9. The Kier molecular flexibility index (Phi) is 14.2. The first-order chi connectivity index (χ1) is 10.9. The minimum atomic E-state index is -3.91. The van der Waals surface area contributed by atoms with Crippen molar-refractivity contribution in [2.45, 2.75) is 115 Å². The molecule has 0 aliphatic rings. The number of aliphatic hydroxyl groups excluding tert-OH is 1. The topological polar surface area (TPSA) is 74.6 Å². The van der Waals surface area contributed by atoms with Crippen LogP contribution < -0.4 is 0 Å². The molecule has 0 aromatic heterocycles. The average molecular weight is 351 g/mol. The van der Waals surface area contributed by atoms with Gasteiger partial charge >= 0.3 is 0 Å². The van der Waals surface area contributed by atoms with Gasteiger partial charge in [0, 0.05) is 0 Å². The van der Waals surface area contributed by atoms with Crippen LogP contribution >= 0.6 is 0 Å². The molecule has 0 aromatic rings. The monoisotopic (exact) mass is 350 g/mol. The summed E-state index contributed by atoms with van der Waals surface area (Å²) in [6.45, 7) is 3.98. The van der Waals surface area contributed by atoms with Gasteiger partial charge < -0.3 is 5.11 Å². The molecule has 0 spiro atoms. The lowest BCUT2D eigenvalue weighted by molar-refractivity contribution is 0.180. The molecule has 0 aromatic carbocycles. The Morgan fingerprint density at radius 2 is 1.13 bits per heavy atom. The Bertz CT molecular complexity index is 352. The summed E-state index contributed by atoms with van der Waals surface area (Å²) in [5.41, 5.74) is 0. The number of hydrogen-bond acceptors (Lipinski definition) is 3. The van der Waals surface area contributed by atoms with Crippen molar-refractivity contribution in [3.05, 3.63) is 0 Å². The normalized spacial score (nSPS) is 14.8. The average Bonchev–Trinajstić information content (AvgIpc) is 2.46. The molecule has 4 nitrogen and oxygen atoms in total. The van der Waals surface area contributed by atoms with Crippen molar-refractivity contribution in [3.8, 4) is 0 Å². The molecule has 2 atom stereocenters. The van der Waals surface area contributed by atoms with E-state index < -0.39 is 15.4 Å². The molecule has 0 fully saturated rings. The third-order valence-electron chi connectivity index (χ3n) is 4.45. The van der Waals surface area contributed by atoms with Crippen LogP contribution in [0.5, 0.6) is 0 Å². The van der Waals surface area contributed by atoms with Crippen LogP contribution in [0.15, 0.2) is 0 Å². The summed E-state index contributed by atoms with van der Waals surface area (Å²) in [5.74, 6) is 0. The van der Waals surface area contributed by atoms with Crippen LogP contribution in [0, 0.1) is 0 Å². The molecule has 0 saturated carbocycles. The van der Waals surface area contributed by atoms with Crippen LogP contribution in [0.25, 0.3) is 0 Å². The van der Waals surface area contributed by atoms with E-state index in [1.165, 1.54) is 25.7 Å². The number of hydrogen-bond donors (Lipinski definition) is 2. The van der Waals surface area contributed by atoms with Gasteiger partial charge in [0.05, 0.1) is 11.4 Å². The highest BCUT2D eigenvalue weighted by Gasteiger charge is 2.21. The van der Waals surface area contributed by atoms with Gasteiger partial charge in [-0.1, -0.05) is 77.6 Å². The molecule has 0 saturated heterocycles. The molecule has 0 rings (SSSR count). The SMILES string of the molecule is CCCCCCCCCC(CCCCCCC(C)O)S(=O)(=O)O. The van der Waals surface area contributed by atoms with Crippen molar-refractivity contribution < 1.29 is 18.1 Å². The van der Waals surface area contributed by atoms with Gasteiger partial charge in [-0.25, -0.2) is 0 Å². The van der Waals surface area contributed by atoms with E-state index in [0.717, 1.165) is 51.4 Å². The van der Waals surface area contributed by atoms with Gasteiger partial charge in [0.25, 0.3) is 10.1 Å². The van der Waals surface area contributed by atoms with E-state index in [0.29, 0.717) is 12.8 Å². The highest BCUT2D eigenvalue weighted by Crippen LogP contribution is 2.19. The summed E-state index contributed by atoms with van der Waals surface area (Å²) in [5, 5.41) is 8.59. The van der Waals surface area contributed by atoms with E-state index in [1.54, 1.807) is 6.92 Å². The Morgan fingerprint density at radius 1 is 0.739 bits per heavy atom. The van der Waals surface area contributed by atoms with E-state index >= 15 is 0 Å². The molecule has 0 heterocycles. The van der Waals surface area contributed by atoms with Crippen molar-refractivity contribution in [2.24, 2.45) is 0 Å². The second-order valence-electron chi connectivity index (χ2n) is 6.89. The lowest BCUT2D eigenvalue weighted by Crippen LogP contribution is -2.20. The smallest absolute Gasteiger partial charge is 0.267 e. The van der Waals surface area contributed by atoms with E-state index in [4.69, 9.17) is 0 Å². The maximum Gasteiger partial charge on any atom is 0.267 e. The predicted molar refractivity (Wildman–Crippen MR) is 97.3 cm³/mol. The van der Waals surface area contributed by atoms with E-state index in [1.807, 2.05) is 0 Å². The fraction of sp³-hybridized carbons (Fsp3) is 1.00. The first-order valence-electron chi connectivity index (χ1n) is 9.52. The molecule has 0 aliphatic heterocycles. The second-order valence-corrected chi connectivity index (χ2v) is 8.58. The molecule has 0 radical (unpaired) electrons. The Morgan fingerprint density at radius 3 is 1.52 bits per heavy atom. The van der Waals surface area contributed by atoms with Crippen molar-refractivity contribution in [1.29, 1.82) is 0 Å². The Labute approximate surface area is 143 Å². The van der Waals surface area contributed by atoms with Crippen LogP contribution in [0.1, 0.15) is 104 Å². The zero-order valence-corrected chi connectivity index (χ0v) is 16.0. The Balaban J connectivity index is 3.79. The third kappa shape index (κ3) is 15.2. The molecule has 5 heteroatoms. The zero-order chi connectivity index (χ0) is 17.6.